The topological polar surface area (TPSA) is 62.3 Å². The van der Waals surface area contributed by atoms with E-state index < -0.39 is 0 Å². The number of hydrogen-bond donors (Lipinski definition) is 0. The summed E-state index contributed by atoms with van der Waals surface area (Å²) in [7, 11) is 0. The van der Waals surface area contributed by atoms with Crippen LogP contribution in [-0.4, -0.2) is 79.0 Å². The number of amides is 2. The summed E-state index contributed by atoms with van der Waals surface area (Å²) in [4.78, 5) is 31.2. The minimum Gasteiger partial charge on any atom is -0.486 e. The highest BCUT2D eigenvalue weighted by molar-refractivity contribution is 6.21. The monoisotopic (exact) mass is 421 g/mol. The standard InChI is InChI=1S/C24H27N3O4/c28-23-19-4-1-2-5-20(19)24(29)27(23)9-3-8-25-10-12-26(13-11-25)17-18-6-7-21-22(16-18)31-15-14-30-21/h1-2,4-7,16H,3,8-15,17H2. The van der Waals surface area contributed by atoms with E-state index in [9.17, 15) is 9.59 Å². The van der Waals surface area contributed by atoms with Gasteiger partial charge in [0.25, 0.3) is 11.8 Å². The fraction of sp³-hybridized carbons (Fsp3) is 0.417. The summed E-state index contributed by atoms with van der Waals surface area (Å²) in [6.45, 7) is 7.48. The normalized spacial score (nSPS) is 19.0. The highest BCUT2D eigenvalue weighted by atomic mass is 16.6. The third-order valence-corrected chi connectivity index (χ3v) is 6.21. The van der Waals surface area contributed by atoms with E-state index >= 15 is 0 Å². The van der Waals surface area contributed by atoms with Crippen LogP contribution >= 0.6 is 0 Å². The first-order valence-corrected chi connectivity index (χ1v) is 11.0. The molecule has 0 aliphatic carbocycles. The maximum Gasteiger partial charge on any atom is 0.261 e. The average molecular weight is 421 g/mol. The number of piperazine rings is 1. The van der Waals surface area contributed by atoms with Gasteiger partial charge >= 0.3 is 0 Å². The largest absolute Gasteiger partial charge is 0.486 e. The van der Waals surface area contributed by atoms with Crippen molar-refractivity contribution in [3.05, 3.63) is 59.2 Å². The Kier molecular flexibility index (Phi) is 5.61. The zero-order valence-electron chi connectivity index (χ0n) is 17.6. The Morgan fingerprint density at radius 2 is 1.39 bits per heavy atom. The Morgan fingerprint density at radius 3 is 2.10 bits per heavy atom. The summed E-state index contributed by atoms with van der Waals surface area (Å²) in [6.07, 6.45) is 0.799. The first kappa shape index (κ1) is 20.0. The van der Waals surface area contributed by atoms with Gasteiger partial charge in [-0.1, -0.05) is 18.2 Å². The molecule has 2 amide bonds. The third kappa shape index (κ3) is 4.16. The lowest BCUT2D eigenvalue weighted by Crippen LogP contribution is -2.46. The molecule has 3 aliphatic heterocycles. The van der Waals surface area contributed by atoms with Crippen molar-refractivity contribution in [1.82, 2.24) is 14.7 Å². The van der Waals surface area contributed by atoms with Crippen molar-refractivity contribution in [2.45, 2.75) is 13.0 Å². The van der Waals surface area contributed by atoms with Gasteiger partial charge in [-0.05, 0) is 42.8 Å². The van der Waals surface area contributed by atoms with E-state index in [4.69, 9.17) is 9.47 Å². The molecule has 0 unspecified atom stereocenters. The highest BCUT2D eigenvalue weighted by Crippen LogP contribution is 2.31. The van der Waals surface area contributed by atoms with Crippen molar-refractivity contribution in [2.75, 3.05) is 52.5 Å². The predicted molar refractivity (Wildman–Crippen MR) is 116 cm³/mol. The van der Waals surface area contributed by atoms with Gasteiger partial charge in [-0.15, -0.1) is 0 Å². The fourth-order valence-electron chi connectivity index (χ4n) is 4.51. The summed E-state index contributed by atoms with van der Waals surface area (Å²) < 4.78 is 11.3. The molecule has 0 spiro atoms. The molecule has 2 aromatic carbocycles. The molecule has 0 N–H and O–H groups in total. The van der Waals surface area contributed by atoms with E-state index in [2.05, 4.69) is 21.9 Å². The summed E-state index contributed by atoms with van der Waals surface area (Å²) >= 11 is 0. The lowest BCUT2D eigenvalue weighted by atomic mass is 10.1. The predicted octanol–water partition coefficient (Wildman–Crippen LogP) is 2.26. The molecule has 1 saturated heterocycles. The molecule has 1 fully saturated rings. The van der Waals surface area contributed by atoms with Gasteiger partial charge < -0.3 is 14.4 Å². The number of fused-ring (bicyclic) bond motifs is 2. The Labute approximate surface area is 182 Å². The number of carbonyl (C=O) groups excluding carboxylic acids is 2. The van der Waals surface area contributed by atoms with Crippen LogP contribution in [0.25, 0.3) is 0 Å². The number of rotatable bonds is 6. The maximum atomic E-state index is 12.5. The van der Waals surface area contributed by atoms with E-state index in [0.29, 0.717) is 30.9 Å². The summed E-state index contributed by atoms with van der Waals surface area (Å²) in [5.74, 6) is 1.35. The fourth-order valence-corrected chi connectivity index (χ4v) is 4.51. The first-order chi connectivity index (χ1) is 15.2. The third-order valence-electron chi connectivity index (χ3n) is 6.21. The van der Waals surface area contributed by atoms with E-state index in [0.717, 1.165) is 57.2 Å². The van der Waals surface area contributed by atoms with Crippen molar-refractivity contribution in [2.24, 2.45) is 0 Å². The molecule has 5 rings (SSSR count). The zero-order valence-corrected chi connectivity index (χ0v) is 17.6. The van der Waals surface area contributed by atoms with Crippen molar-refractivity contribution >= 4 is 11.8 Å². The van der Waals surface area contributed by atoms with Crippen molar-refractivity contribution < 1.29 is 19.1 Å². The molecular formula is C24H27N3O4. The van der Waals surface area contributed by atoms with Crippen molar-refractivity contribution in [3.8, 4) is 11.5 Å². The number of imide groups is 1. The van der Waals surface area contributed by atoms with Gasteiger partial charge in [0.05, 0.1) is 11.1 Å². The summed E-state index contributed by atoms with van der Waals surface area (Å²) in [5.41, 5.74) is 2.30. The molecule has 0 saturated carbocycles. The van der Waals surface area contributed by atoms with Crippen LogP contribution in [0, 0.1) is 0 Å². The Hall–Kier alpha value is -2.90. The van der Waals surface area contributed by atoms with Gasteiger partial charge in [-0.25, -0.2) is 0 Å². The van der Waals surface area contributed by atoms with Crippen LogP contribution in [0.1, 0.15) is 32.7 Å². The second-order valence-electron chi connectivity index (χ2n) is 8.26. The highest BCUT2D eigenvalue weighted by Gasteiger charge is 2.34. The maximum absolute atomic E-state index is 12.5. The van der Waals surface area contributed by atoms with Gasteiger partial charge in [-0.3, -0.25) is 19.4 Å². The van der Waals surface area contributed by atoms with E-state index in [1.54, 1.807) is 24.3 Å². The summed E-state index contributed by atoms with van der Waals surface area (Å²) in [5, 5.41) is 0. The average Bonchev–Trinajstić information content (AvgIpc) is 3.05. The molecule has 3 aliphatic rings. The smallest absolute Gasteiger partial charge is 0.261 e. The molecule has 0 aromatic heterocycles. The lowest BCUT2D eigenvalue weighted by molar-refractivity contribution is 0.0640. The van der Waals surface area contributed by atoms with Gasteiger partial charge in [0.1, 0.15) is 13.2 Å². The van der Waals surface area contributed by atoms with Crippen molar-refractivity contribution in [3.63, 3.8) is 0 Å². The number of nitrogens with zero attached hydrogens (tertiary/aromatic N) is 3. The van der Waals surface area contributed by atoms with E-state index in [1.807, 2.05) is 6.07 Å². The molecule has 162 valence electrons. The molecular weight excluding hydrogens is 394 g/mol. The Morgan fingerprint density at radius 1 is 0.742 bits per heavy atom. The first-order valence-electron chi connectivity index (χ1n) is 11.0. The van der Waals surface area contributed by atoms with Crippen LogP contribution < -0.4 is 9.47 Å². The molecule has 7 nitrogen and oxygen atoms in total. The minimum atomic E-state index is -0.162. The molecule has 7 heteroatoms. The Balaban J connectivity index is 1.07. The quantitative estimate of drug-likeness (QED) is 0.667. The number of benzene rings is 2. The van der Waals surface area contributed by atoms with Crippen LogP contribution in [0.15, 0.2) is 42.5 Å². The molecule has 3 heterocycles. The lowest BCUT2D eigenvalue weighted by Gasteiger charge is -2.35. The molecule has 2 aromatic rings. The van der Waals surface area contributed by atoms with Gasteiger partial charge in [0, 0.05) is 39.3 Å². The molecule has 0 radical (unpaired) electrons. The minimum absolute atomic E-state index is 0.162. The van der Waals surface area contributed by atoms with Crippen LogP contribution in [0.5, 0.6) is 11.5 Å². The van der Waals surface area contributed by atoms with Crippen LogP contribution in [0.4, 0.5) is 0 Å². The van der Waals surface area contributed by atoms with E-state index in [-0.39, 0.29) is 11.8 Å². The van der Waals surface area contributed by atoms with Crippen LogP contribution in [0.2, 0.25) is 0 Å². The second-order valence-corrected chi connectivity index (χ2v) is 8.26. The molecule has 31 heavy (non-hydrogen) atoms. The van der Waals surface area contributed by atoms with Gasteiger partial charge in [0.15, 0.2) is 11.5 Å². The SMILES string of the molecule is O=C1c2ccccc2C(=O)N1CCCN1CCN(Cc2ccc3c(c2)OCCO3)CC1. The number of carbonyl (C=O) groups is 2. The van der Waals surface area contributed by atoms with Crippen LogP contribution in [-0.2, 0) is 6.54 Å². The zero-order chi connectivity index (χ0) is 21.2. The summed E-state index contributed by atoms with van der Waals surface area (Å²) in [6, 6.07) is 13.3. The van der Waals surface area contributed by atoms with Crippen LogP contribution in [0.3, 0.4) is 0 Å². The Bertz CT molecular complexity index is 950. The molecule has 0 bridgehead atoms. The molecule has 0 atom stereocenters. The second kappa shape index (κ2) is 8.69. The van der Waals surface area contributed by atoms with Gasteiger partial charge in [0.2, 0.25) is 0 Å². The van der Waals surface area contributed by atoms with Crippen molar-refractivity contribution in [1.29, 1.82) is 0 Å². The van der Waals surface area contributed by atoms with Gasteiger partial charge in [-0.2, -0.15) is 0 Å². The number of ether oxygens (including phenoxy) is 2. The number of hydrogen-bond acceptors (Lipinski definition) is 6. The van der Waals surface area contributed by atoms with E-state index in [1.165, 1.54) is 10.5 Å².